The second kappa shape index (κ2) is 7.64. The predicted molar refractivity (Wildman–Crippen MR) is 78.4 cm³/mol. The van der Waals surface area contributed by atoms with Crippen molar-refractivity contribution >= 4 is 0 Å². The van der Waals surface area contributed by atoms with Crippen LogP contribution < -0.4 is 14.8 Å². The summed E-state index contributed by atoms with van der Waals surface area (Å²) in [5.41, 5.74) is 1.13. The van der Waals surface area contributed by atoms with Crippen molar-refractivity contribution in [2.75, 3.05) is 14.2 Å². The van der Waals surface area contributed by atoms with E-state index in [2.05, 4.69) is 22.4 Å². The molecule has 0 saturated carbocycles. The van der Waals surface area contributed by atoms with Gasteiger partial charge in [0.2, 0.25) is 0 Å². The van der Waals surface area contributed by atoms with Gasteiger partial charge in [0.05, 0.1) is 7.11 Å². The van der Waals surface area contributed by atoms with Crippen LogP contribution in [0.15, 0.2) is 22.7 Å². The highest BCUT2D eigenvalue weighted by atomic mass is 16.5. The fourth-order valence-electron chi connectivity index (χ4n) is 1.96. The molecule has 0 amide bonds. The zero-order chi connectivity index (χ0) is 15.1. The molecule has 0 aliphatic rings. The van der Waals surface area contributed by atoms with Crippen LogP contribution >= 0.6 is 0 Å². The molecular formula is C15H21N3O3. The number of aromatic nitrogens is 2. The highest BCUT2D eigenvalue weighted by Crippen LogP contribution is 2.28. The van der Waals surface area contributed by atoms with Crippen LogP contribution in [0.25, 0.3) is 0 Å². The van der Waals surface area contributed by atoms with Crippen molar-refractivity contribution in [3.8, 4) is 11.5 Å². The SMILES string of the molecule is CCCc1noc(COc2ccc(CNC)cc2OC)n1. The van der Waals surface area contributed by atoms with Crippen LogP contribution in [0.1, 0.15) is 30.6 Å². The smallest absolute Gasteiger partial charge is 0.264 e. The second-order valence-corrected chi connectivity index (χ2v) is 4.66. The van der Waals surface area contributed by atoms with E-state index >= 15 is 0 Å². The summed E-state index contributed by atoms with van der Waals surface area (Å²) >= 11 is 0. The van der Waals surface area contributed by atoms with Gasteiger partial charge in [0.1, 0.15) is 0 Å². The van der Waals surface area contributed by atoms with Gasteiger partial charge in [0, 0.05) is 13.0 Å². The minimum Gasteiger partial charge on any atom is -0.493 e. The third-order valence-corrected chi connectivity index (χ3v) is 2.94. The van der Waals surface area contributed by atoms with Crippen molar-refractivity contribution in [2.24, 2.45) is 0 Å². The van der Waals surface area contributed by atoms with E-state index in [4.69, 9.17) is 14.0 Å². The summed E-state index contributed by atoms with van der Waals surface area (Å²) in [5, 5.41) is 6.99. The number of aryl methyl sites for hydroxylation is 1. The molecule has 0 saturated heterocycles. The molecular weight excluding hydrogens is 270 g/mol. The Balaban J connectivity index is 2.01. The first-order valence-electron chi connectivity index (χ1n) is 7.02. The molecule has 0 atom stereocenters. The van der Waals surface area contributed by atoms with Gasteiger partial charge in [-0.2, -0.15) is 4.98 Å². The van der Waals surface area contributed by atoms with Crippen molar-refractivity contribution in [3.63, 3.8) is 0 Å². The number of hydrogen-bond acceptors (Lipinski definition) is 6. The van der Waals surface area contributed by atoms with E-state index in [0.717, 1.165) is 24.9 Å². The third kappa shape index (κ3) is 4.19. The van der Waals surface area contributed by atoms with Gasteiger partial charge >= 0.3 is 0 Å². The summed E-state index contributed by atoms with van der Waals surface area (Å²) in [5.74, 6) is 2.54. The van der Waals surface area contributed by atoms with Gasteiger partial charge in [0.25, 0.3) is 5.89 Å². The van der Waals surface area contributed by atoms with E-state index in [1.807, 2.05) is 25.2 Å². The summed E-state index contributed by atoms with van der Waals surface area (Å²) in [7, 11) is 3.53. The Morgan fingerprint density at radius 3 is 2.86 bits per heavy atom. The number of ether oxygens (including phenoxy) is 2. The molecule has 0 aliphatic heterocycles. The van der Waals surface area contributed by atoms with E-state index in [1.165, 1.54) is 0 Å². The van der Waals surface area contributed by atoms with Crippen LogP contribution in [0.2, 0.25) is 0 Å². The molecule has 6 heteroatoms. The molecule has 1 heterocycles. The minimum absolute atomic E-state index is 0.235. The molecule has 1 aromatic carbocycles. The van der Waals surface area contributed by atoms with Crippen LogP contribution in [-0.2, 0) is 19.6 Å². The summed E-state index contributed by atoms with van der Waals surface area (Å²) in [6.45, 7) is 3.09. The first kappa shape index (κ1) is 15.3. The van der Waals surface area contributed by atoms with Gasteiger partial charge in [0.15, 0.2) is 23.9 Å². The van der Waals surface area contributed by atoms with Gasteiger partial charge in [-0.15, -0.1) is 0 Å². The standard InChI is InChI=1S/C15H21N3O3/c1-4-5-14-17-15(21-18-14)10-20-12-7-6-11(9-16-2)8-13(12)19-3/h6-8,16H,4-5,9-10H2,1-3H3. The molecule has 6 nitrogen and oxygen atoms in total. The molecule has 0 spiro atoms. The summed E-state index contributed by atoms with van der Waals surface area (Å²) in [6.07, 6.45) is 1.80. The van der Waals surface area contributed by atoms with Crippen LogP contribution in [0, 0.1) is 0 Å². The number of nitrogens with one attached hydrogen (secondary N) is 1. The number of methoxy groups -OCH3 is 1. The maximum absolute atomic E-state index is 5.70. The number of nitrogens with zero attached hydrogens (tertiary/aromatic N) is 2. The zero-order valence-electron chi connectivity index (χ0n) is 12.7. The number of hydrogen-bond donors (Lipinski definition) is 1. The van der Waals surface area contributed by atoms with Crippen LogP contribution in [0.4, 0.5) is 0 Å². The zero-order valence-corrected chi connectivity index (χ0v) is 12.7. The normalized spacial score (nSPS) is 10.6. The van der Waals surface area contributed by atoms with Crippen LogP contribution in [0.3, 0.4) is 0 Å². The Kier molecular flexibility index (Phi) is 5.57. The maximum Gasteiger partial charge on any atom is 0.264 e. The fourth-order valence-corrected chi connectivity index (χ4v) is 1.96. The summed E-state index contributed by atoms with van der Waals surface area (Å²) in [4.78, 5) is 4.26. The molecule has 0 bridgehead atoms. The number of benzene rings is 1. The topological polar surface area (TPSA) is 69.4 Å². The Bertz CT molecular complexity index is 569. The third-order valence-electron chi connectivity index (χ3n) is 2.94. The van der Waals surface area contributed by atoms with Gasteiger partial charge in [-0.3, -0.25) is 0 Å². The van der Waals surface area contributed by atoms with E-state index in [9.17, 15) is 0 Å². The molecule has 0 fully saturated rings. The quantitative estimate of drug-likeness (QED) is 0.805. The lowest BCUT2D eigenvalue weighted by atomic mass is 10.2. The Morgan fingerprint density at radius 2 is 2.14 bits per heavy atom. The monoisotopic (exact) mass is 291 g/mol. The molecule has 114 valence electrons. The highest BCUT2D eigenvalue weighted by Gasteiger charge is 2.09. The fraction of sp³-hybridized carbons (Fsp3) is 0.467. The van der Waals surface area contributed by atoms with Gasteiger partial charge in [-0.1, -0.05) is 18.1 Å². The molecule has 0 aliphatic carbocycles. The highest BCUT2D eigenvalue weighted by molar-refractivity contribution is 5.42. The van der Waals surface area contributed by atoms with Gasteiger partial charge in [-0.05, 0) is 31.2 Å². The summed E-state index contributed by atoms with van der Waals surface area (Å²) < 4.78 is 16.2. The van der Waals surface area contributed by atoms with Crippen LogP contribution in [0.5, 0.6) is 11.5 Å². The van der Waals surface area contributed by atoms with Crippen molar-refractivity contribution in [1.29, 1.82) is 0 Å². The molecule has 0 unspecified atom stereocenters. The first-order valence-corrected chi connectivity index (χ1v) is 7.02. The average Bonchev–Trinajstić information content (AvgIpc) is 2.94. The molecule has 0 radical (unpaired) electrons. The van der Waals surface area contributed by atoms with Gasteiger partial charge < -0.3 is 19.3 Å². The van der Waals surface area contributed by atoms with Gasteiger partial charge in [-0.25, -0.2) is 0 Å². The Hall–Kier alpha value is -2.08. The van der Waals surface area contributed by atoms with Crippen molar-refractivity contribution < 1.29 is 14.0 Å². The lowest BCUT2D eigenvalue weighted by molar-refractivity contribution is 0.233. The Morgan fingerprint density at radius 1 is 1.29 bits per heavy atom. The van der Waals surface area contributed by atoms with Crippen molar-refractivity contribution in [2.45, 2.75) is 32.9 Å². The second-order valence-electron chi connectivity index (χ2n) is 4.66. The lowest BCUT2D eigenvalue weighted by Crippen LogP contribution is -2.05. The molecule has 2 rings (SSSR count). The minimum atomic E-state index is 0.235. The molecule has 2 aromatic rings. The first-order chi connectivity index (χ1) is 10.3. The lowest BCUT2D eigenvalue weighted by Gasteiger charge is -2.10. The van der Waals surface area contributed by atoms with E-state index in [-0.39, 0.29) is 6.61 Å². The predicted octanol–water partition coefficient (Wildman–Crippen LogP) is 2.33. The summed E-state index contributed by atoms with van der Waals surface area (Å²) in [6, 6.07) is 5.82. The van der Waals surface area contributed by atoms with Crippen molar-refractivity contribution in [3.05, 3.63) is 35.5 Å². The average molecular weight is 291 g/mol. The largest absolute Gasteiger partial charge is 0.493 e. The maximum atomic E-state index is 5.70. The van der Waals surface area contributed by atoms with E-state index < -0.39 is 0 Å². The van der Waals surface area contributed by atoms with E-state index in [0.29, 0.717) is 23.2 Å². The van der Waals surface area contributed by atoms with Crippen LogP contribution in [-0.4, -0.2) is 24.3 Å². The molecule has 21 heavy (non-hydrogen) atoms. The Labute approximate surface area is 124 Å². The van der Waals surface area contributed by atoms with E-state index in [1.54, 1.807) is 7.11 Å². The van der Waals surface area contributed by atoms with Crippen molar-refractivity contribution in [1.82, 2.24) is 15.5 Å². The number of rotatable bonds is 8. The molecule has 1 N–H and O–H groups in total. The molecule has 1 aromatic heterocycles.